The predicted octanol–water partition coefficient (Wildman–Crippen LogP) is 2.76. The molecular weight excluding hydrogens is 248 g/mol. The van der Waals surface area contributed by atoms with Crippen molar-refractivity contribution in [2.24, 2.45) is 0 Å². The molecular formula is C13H14N2O2S. The lowest BCUT2D eigenvalue weighted by Crippen LogP contribution is -2.30. The van der Waals surface area contributed by atoms with E-state index in [9.17, 15) is 10.1 Å². The van der Waals surface area contributed by atoms with E-state index in [4.69, 9.17) is 4.42 Å². The van der Waals surface area contributed by atoms with E-state index in [1.54, 1.807) is 12.3 Å². The highest BCUT2D eigenvalue weighted by Crippen LogP contribution is 2.36. The first-order chi connectivity index (χ1) is 8.76. The molecule has 0 saturated carbocycles. The number of hydrogen-bond donors (Lipinski definition) is 1. The third-order valence-electron chi connectivity index (χ3n) is 2.69. The van der Waals surface area contributed by atoms with Crippen LogP contribution in [0.25, 0.3) is 0 Å². The van der Waals surface area contributed by atoms with Crippen molar-refractivity contribution in [2.75, 3.05) is 5.75 Å². The van der Waals surface area contributed by atoms with Crippen LogP contribution in [0.4, 0.5) is 0 Å². The monoisotopic (exact) mass is 262 g/mol. The normalized spacial score (nSPS) is 19.6. The molecule has 0 bridgehead atoms. The van der Waals surface area contributed by atoms with Crippen molar-refractivity contribution < 1.29 is 9.21 Å². The Morgan fingerprint density at radius 3 is 3.11 bits per heavy atom. The van der Waals surface area contributed by atoms with Gasteiger partial charge < -0.3 is 9.73 Å². The van der Waals surface area contributed by atoms with E-state index in [2.05, 4.69) is 18.3 Å². The number of hydrogen-bond acceptors (Lipinski definition) is 4. The van der Waals surface area contributed by atoms with E-state index >= 15 is 0 Å². The Hall–Kier alpha value is -1.67. The Labute approximate surface area is 110 Å². The third-order valence-corrected chi connectivity index (χ3v) is 3.92. The molecule has 0 saturated heterocycles. The average molecular weight is 262 g/mol. The van der Waals surface area contributed by atoms with E-state index in [0.717, 1.165) is 12.2 Å². The summed E-state index contributed by atoms with van der Waals surface area (Å²) in [5, 5.41) is 12.8. The van der Waals surface area contributed by atoms with Crippen LogP contribution in [0.3, 0.4) is 0 Å². The number of nitrogens with one attached hydrogen (secondary N) is 1. The minimum Gasteiger partial charge on any atom is -0.469 e. The number of thioether (sulfide) groups is 1. The summed E-state index contributed by atoms with van der Waals surface area (Å²) in [5.41, 5.74) is 0.600. The molecule has 0 radical (unpaired) electrons. The molecule has 0 unspecified atom stereocenters. The van der Waals surface area contributed by atoms with Crippen LogP contribution in [0.15, 0.2) is 33.4 Å². The first-order valence-electron chi connectivity index (χ1n) is 5.86. The van der Waals surface area contributed by atoms with Gasteiger partial charge in [0.05, 0.1) is 28.9 Å². The molecule has 0 aliphatic carbocycles. The van der Waals surface area contributed by atoms with Gasteiger partial charge in [0.15, 0.2) is 0 Å². The van der Waals surface area contributed by atoms with Crippen LogP contribution in [0, 0.1) is 11.3 Å². The van der Waals surface area contributed by atoms with Gasteiger partial charge in [-0.1, -0.05) is 6.92 Å². The van der Waals surface area contributed by atoms with E-state index in [0.29, 0.717) is 16.4 Å². The van der Waals surface area contributed by atoms with Crippen LogP contribution < -0.4 is 5.32 Å². The van der Waals surface area contributed by atoms with Gasteiger partial charge in [-0.2, -0.15) is 5.26 Å². The predicted molar refractivity (Wildman–Crippen MR) is 69.6 cm³/mol. The smallest absolute Gasteiger partial charge is 0.225 e. The van der Waals surface area contributed by atoms with Gasteiger partial charge in [-0.15, -0.1) is 11.8 Å². The molecule has 0 fully saturated rings. The van der Waals surface area contributed by atoms with Crippen molar-refractivity contribution in [2.45, 2.75) is 25.7 Å². The van der Waals surface area contributed by atoms with Crippen molar-refractivity contribution in [3.8, 4) is 6.07 Å². The molecule has 0 aromatic carbocycles. The number of carbonyl (C=O) groups excluding carboxylic acids is 1. The summed E-state index contributed by atoms with van der Waals surface area (Å²) in [5.74, 6) is 1.24. The fraction of sp³-hybridized carbons (Fsp3) is 0.385. The summed E-state index contributed by atoms with van der Waals surface area (Å²) in [4.78, 5) is 11.7. The van der Waals surface area contributed by atoms with Gasteiger partial charge in [-0.3, -0.25) is 4.79 Å². The van der Waals surface area contributed by atoms with E-state index in [1.165, 1.54) is 11.8 Å². The molecule has 2 heterocycles. The van der Waals surface area contributed by atoms with Crippen molar-refractivity contribution in [1.29, 1.82) is 5.26 Å². The minimum atomic E-state index is -0.252. The van der Waals surface area contributed by atoms with E-state index < -0.39 is 0 Å². The summed E-state index contributed by atoms with van der Waals surface area (Å²) in [7, 11) is 0. The number of furan rings is 1. The zero-order chi connectivity index (χ0) is 13.0. The number of allylic oxidation sites excluding steroid dienone is 1. The number of amides is 1. The Kier molecular flexibility index (Phi) is 4.11. The van der Waals surface area contributed by atoms with Crippen molar-refractivity contribution in [3.05, 3.63) is 34.8 Å². The summed E-state index contributed by atoms with van der Waals surface area (Å²) < 4.78 is 5.33. The van der Waals surface area contributed by atoms with Gasteiger partial charge in [0.1, 0.15) is 5.76 Å². The van der Waals surface area contributed by atoms with E-state index in [1.807, 2.05) is 6.07 Å². The van der Waals surface area contributed by atoms with Gasteiger partial charge >= 0.3 is 0 Å². The molecule has 1 aliphatic rings. The molecule has 1 aromatic rings. The fourth-order valence-corrected chi connectivity index (χ4v) is 2.81. The molecule has 1 aromatic heterocycles. The van der Waals surface area contributed by atoms with E-state index in [-0.39, 0.29) is 18.2 Å². The summed E-state index contributed by atoms with van der Waals surface area (Å²) in [6.45, 7) is 2.06. The first kappa shape index (κ1) is 12.8. The second-order valence-corrected chi connectivity index (χ2v) is 5.13. The van der Waals surface area contributed by atoms with Gasteiger partial charge in [0.2, 0.25) is 5.91 Å². The van der Waals surface area contributed by atoms with Gasteiger partial charge in [0.25, 0.3) is 0 Å². The van der Waals surface area contributed by atoms with Gasteiger partial charge in [0, 0.05) is 6.42 Å². The Morgan fingerprint density at radius 1 is 1.67 bits per heavy atom. The number of rotatable bonds is 4. The van der Waals surface area contributed by atoms with Gasteiger partial charge in [-0.05, 0) is 24.3 Å². The fourth-order valence-electron chi connectivity index (χ4n) is 1.87. The Bertz CT molecular complexity index is 500. The molecule has 1 amide bonds. The second kappa shape index (κ2) is 5.78. The standard InChI is InChI=1S/C13H14N2O2S/c1-2-6-18-13-10(8-14)9(7-12(16)15-13)11-4-3-5-17-11/h3-5,9H,2,6-7H2,1H3,(H,15,16)/t9-/m0/s1. The number of nitrogens with zero attached hydrogens (tertiary/aromatic N) is 1. The van der Waals surface area contributed by atoms with Crippen LogP contribution in [0.1, 0.15) is 31.4 Å². The SMILES string of the molecule is CCCSC1=C(C#N)[C@@H](c2ccco2)CC(=O)N1. The zero-order valence-corrected chi connectivity index (χ0v) is 10.9. The summed E-state index contributed by atoms with van der Waals surface area (Å²) >= 11 is 1.52. The van der Waals surface area contributed by atoms with Crippen molar-refractivity contribution >= 4 is 17.7 Å². The molecule has 1 atom stereocenters. The number of carbonyl (C=O) groups is 1. The highest BCUT2D eigenvalue weighted by molar-refractivity contribution is 8.03. The van der Waals surface area contributed by atoms with Crippen LogP contribution in [0.2, 0.25) is 0 Å². The lowest BCUT2D eigenvalue weighted by molar-refractivity contribution is -0.120. The quantitative estimate of drug-likeness (QED) is 0.906. The van der Waals surface area contributed by atoms with Crippen molar-refractivity contribution in [3.63, 3.8) is 0 Å². The van der Waals surface area contributed by atoms with Crippen LogP contribution in [0.5, 0.6) is 0 Å². The van der Waals surface area contributed by atoms with Crippen LogP contribution >= 0.6 is 11.8 Å². The molecule has 1 N–H and O–H groups in total. The highest BCUT2D eigenvalue weighted by Gasteiger charge is 2.30. The maximum atomic E-state index is 11.7. The van der Waals surface area contributed by atoms with Crippen LogP contribution in [-0.2, 0) is 4.79 Å². The minimum absolute atomic E-state index is 0.0611. The molecule has 4 nitrogen and oxygen atoms in total. The molecule has 5 heteroatoms. The summed E-state index contributed by atoms with van der Waals surface area (Å²) in [6.07, 6.45) is 2.83. The third kappa shape index (κ3) is 2.59. The van der Waals surface area contributed by atoms with Gasteiger partial charge in [-0.25, -0.2) is 0 Å². The zero-order valence-electron chi connectivity index (χ0n) is 10.1. The lowest BCUT2D eigenvalue weighted by Gasteiger charge is -2.23. The second-order valence-electron chi connectivity index (χ2n) is 4.02. The topological polar surface area (TPSA) is 66.0 Å². The molecule has 94 valence electrons. The number of nitriles is 1. The van der Waals surface area contributed by atoms with Crippen molar-refractivity contribution in [1.82, 2.24) is 5.32 Å². The summed E-state index contributed by atoms with van der Waals surface area (Å²) in [6, 6.07) is 5.79. The maximum absolute atomic E-state index is 11.7. The largest absolute Gasteiger partial charge is 0.469 e. The molecule has 18 heavy (non-hydrogen) atoms. The molecule has 0 spiro atoms. The first-order valence-corrected chi connectivity index (χ1v) is 6.85. The molecule has 2 rings (SSSR count). The highest BCUT2D eigenvalue weighted by atomic mass is 32.2. The lowest BCUT2D eigenvalue weighted by atomic mass is 9.92. The molecule has 1 aliphatic heterocycles. The average Bonchev–Trinajstić information content (AvgIpc) is 2.89. The Morgan fingerprint density at radius 2 is 2.50 bits per heavy atom. The van der Waals surface area contributed by atoms with Crippen LogP contribution in [-0.4, -0.2) is 11.7 Å². The Balaban J connectivity index is 2.33. The maximum Gasteiger partial charge on any atom is 0.225 e.